The van der Waals surface area contributed by atoms with Gasteiger partial charge in [-0.25, -0.2) is 0 Å². The molecule has 1 saturated heterocycles. The second kappa shape index (κ2) is 4.08. The fourth-order valence-corrected chi connectivity index (χ4v) is 4.19. The standard InChI is InChI=1S/C14H29N/c1-8-12-9-13(4,5)15(11(2)3)14(6,7)10-12/h11-12H,8-10H2,1-7H3. The molecular weight excluding hydrogens is 182 g/mol. The molecule has 15 heavy (non-hydrogen) atoms. The van der Waals surface area contributed by atoms with Crippen LogP contribution in [0.5, 0.6) is 0 Å². The lowest BCUT2D eigenvalue weighted by atomic mass is 9.72. The van der Waals surface area contributed by atoms with Crippen molar-refractivity contribution in [3.63, 3.8) is 0 Å². The van der Waals surface area contributed by atoms with Gasteiger partial charge in [0.2, 0.25) is 0 Å². The first-order valence-corrected chi connectivity index (χ1v) is 6.50. The molecule has 0 aromatic rings. The number of rotatable bonds is 2. The molecule has 0 radical (unpaired) electrons. The van der Waals surface area contributed by atoms with Gasteiger partial charge in [0.05, 0.1) is 0 Å². The van der Waals surface area contributed by atoms with Crippen LogP contribution in [0.1, 0.15) is 67.7 Å². The highest BCUT2D eigenvalue weighted by atomic mass is 15.3. The third kappa shape index (κ3) is 2.55. The second-order valence-electron chi connectivity index (χ2n) is 6.77. The molecule has 1 rings (SSSR count). The average Bonchev–Trinajstić information content (AvgIpc) is 1.97. The van der Waals surface area contributed by atoms with E-state index in [1.807, 2.05) is 0 Å². The van der Waals surface area contributed by atoms with Crippen molar-refractivity contribution in [1.82, 2.24) is 4.90 Å². The minimum Gasteiger partial charge on any atom is -0.291 e. The van der Waals surface area contributed by atoms with E-state index in [1.54, 1.807) is 0 Å². The topological polar surface area (TPSA) is 3.24 Å². The van der Waals surface area contributed by atoms with Gasteiger partial charge in [0, 0.05) is 17.1 Å². The summed E-state index contributed by atoms with van der Waals surface area (Å²) in [5.41, 5.74) is 0.715. The van der Waals surface area contributed by atoms with Gasteiger partial charge in [-0.05, 0) is 60.3 Å². The van der Waals surface area contributed by atoms with Crippen LogP contribution in [0, 0.1) is 5.92 Å². The molecular formula is C14H29N. The minimum absolute atomic E-state index is 0.358. The molecule has 0 amide bonds. The van der Waals surface area contributed by atoms with Gasteiger partial charge in [-0.1, -0.05) is 13.3 Å². The number of piperidine rings is 1. The predicted octanol–water partition coefficient (Wildman–Crippen LogP) is 4.07. The molecule has 0 unspecified atom stereocenters. The molecule has 0 saturated carbocycles. The molecule has 1 fully saturated rings. The van der Waals surface area contributed by atoms with Gasteiger partial charge < -0.3 is 0 Å². The molecule has 0 aromatic carbocycles. The van der Waals surface area contributed by atoms with Gasteiger partial charge in [0.15, 0.2) is 0 Å². The maximum absolute atomic E-state index is 2.71. The van der Waals surface area contributed by atoms with Gasteiger partial charge in [-0.3, -0.25) is 4.90 Å². The Hall–Kier alpha value is -0.0400. The first kappa shape index (κ1) is 13.0. The zero-order chi connectivity index (χ0) is 11.9. The van der Waals surface area contributed by atoms with Gasteiger partial charge in [0.25, 0.3) is 0 Å². The van der Waals surface area contributed by atoms with Crippen molar-refractivity contribution in [3.05, 3.63) is 0 Å². The molecule has 1 heterocycles. The zero-order valence-corrected chi connectivity index (χ0v) is 11.7. The van der Waals surface area contributed by atoms with E-state index in [2.05, 4.69) is 53.4 Å². The summed E-state index contributed by atoms with van der Waals surface area (Å²) in [6.07, 6.45) is 4.04. The van der Waals surface area contributed by atoms with Crippen LogP contribution >= 0.6 is 0 Å². The largest absolute Gasteiger partial charge is 0.291 e. The first-order chi connectivity index (χ1) is 6.70. The van der Waals surface area contributed by atoms with Crippen LogP contribution in [0.25, 0.3) is 0 Å². The Labute approximate surface area is 96.2 Å². The summed E-state index contributed by atoms with van der Waals surface area (Å²) >= 11 is 0. The summed E-state index contributed by atoms with van der Waals surface area (Å²) in [4.78, 5) is 2.71. The summed E-state index contributed by atoms with van der Waals surface area (Å²) < 4.78 is 0. The summed E-state index contributed by atoms with van der Waals surface area (Å²) in [5.74, 6) is 0.907. The SMILES string of the molecule is CCC1CC(C)(C)N(C(C)C)C(C)(C)C1. The smallest absolute Gasteiger partial charge is 0.0163 e. The molecule has 1 heteroatoms. The van der Waals surface area contributed by atoms with E-state index in [0.717, 1.165) is 5.92 Å². The van der Waals surface area contributed by atoms with E-state index < -0.39 is 0 Å². The molecule has 0 atom stereocenters. The number of hydrogen-bond donors (Lipinski definition) is 0. The van der Waals surface area contributed by atoms with Crippen LogP contribution in [0.15, 0.2) is 0 Å². The fraction of sp³-hybridized carbons (Fsp3) is 1.00. The average molecular weight is 211 g/mol. The van der Waals surface area contributed by atoms with E-state index in [0.29, 0.717) is 17.1 Å². The number of hydrogen-bond acceptors (Lipinski definition) is 1. The van der Waals surface area contributed by atoms with Crippen molar-refractivity contribution in [2.24, 2.45) is 5.92 Å². The Kier molecular flexibility index (Phi) is 3.55. The first-order valence-electron chi connectivity index (χ1n) is 6.50. The Morgan fingerprint density at radius 2 is 1.47 bits per heavy atom. The zero-order valence-electron chi connectivity index (χ0n) is 11.7. The maximum Gasteiger partial charge on any atom is 0.0163 e. The lowest BCUT2D eigenvalue weighted by Gasteiger charge is -2.57. The Balaban J connectivity index is 2.95. The normalized spacial score (nSPS) is 27.2. The van der Waals surface area contributed by atoms with E-state index >= 15 is 0 Å². The Morgan fingerprint density at radius 3 is 1.73 bits per heavy atom. The van der Waals surface area contributed by atoms with Crippen LogP contribution in [-0.4, -0.2) is 22.0 Å². The van der Waals surface area contributed by atoms with E-state index in [1.165, 1.54) is 19.3 Å². The monoisotopic (exact) mass is 211 g/mol. The van der Waals surface area contributed by atoms with Crippen molar-refractivity contribution in [2.45, 2.75) is 84.8 Å². The number of likely N-dealkylation sites (tertiary alicyclic amines) is 1. The quantitative estimate of drug-likeness (QED) is 0.665. The third-order valence-electron chi connectivity index (χ3n) is 3.97. The lowest BCUT2D eigenvalue weighted by molar-refractivity contribution is -0.0733. The number of nitrogens with zero attached hydrogens (tertiary/aromatic N) is 1. The highest BCUT2D eigenvalue weighted by molar-refractivity contribution is 5.00. The highest BCUT2D eigenvalue weighted by Gasteiger charge is 2.45. The van der Waals surface area contributed by atoms with Crippen molar-refractivity contribution in [1.29, 1.82) is 0 Å². The molecule has 0 aromatic heterocycles. The second-order valence-corrected chi connectivity index (χ2v) is 6.77. The van der Waals surface area contributed by atoms with E-state index in [9.17, 15) is 0 Å². The summed E-state index contributed by atoms with van der Waals surface area (Å²) in [7, 11) is 0. The Morgan fingerprint density at radius 1 is 1.07 bits per heavy atom. The molecule has 1 aliphatic heterocycles. The van der Waals surface area contributed by atoms with Crippen LogP contribution in [-0.2, 0) is 0 Å². The molecule has 1 aliphatic rings. The van der Waals surface area contributed by atoms with Gasteiger partial charge in [-0.15, -0.1) is 0 Å². The molecule has 90 valence electrons. The van der Waals surface area contributed by atoms with Crippen LogP contribution in [0.2, 0.25) is 0 Å². The maximum atomic E-state index is 2.71. The van der Waals surface area contributed by atoms with Gasteiger partial charge >= 0.3 is 0 Å². The summed E-state index contributed by atoms with van der Waals surface area (Å²) in [5, 5.41) is 0. The van der Waals surface area contributed by atoms with Crippen molar-refractivity contribution in [2.75, 3.05) is 0 Å². The molecule has 0 aliphatic carbocycles. The van der Waals surface area contributed by atoms with Crippen molar-refractivity contribution < 1.29 is 0 Å². The molecule has 0 bridgehead atoms. The molecule has 0 spiro atoms. The third-order valence-corrected chi connectivity index (χ3v) is 3.97. The molecule has 1 nitrogen and oxygen atoms in total. The summed E-state index contributed by atoms with van der Waals surface area (Å²) in [6, 6.07) is 0.646. The van der Waals surface area contributed by atoms with Crippen LogP contribution in [0.4, 0.5) is 0 Å². The van der Waals surface area contributed by atoms with Gasteiger partial charge in [0.1, 0.15) is 0 Å². The minimum atomic E-state index is 0.358. The summed E-state index contributed by atoms with van der Waals surface area (Å²) in [6.45, 7) is 16.6. The predicted molar refractivity (Wildman–Crippen MR) is 68.1 cm³/mol. The molecule has 0 N–H and O–H groups in total. The van der Waals surface area contributed by atoms with Crippen molar-refractivity contribution in [3.8, 4) is 0 Å². The van der Waals surface area contributed by atoms with Crippen molar-refractivity contribution >= 4 is 0 Å². The Bertz CT molecular complexity index is 197. The highest BCUT2D eigenvalue weighted by Crippen LogP contribution is 2.43. The fourth-order valence-electron chi connectivity index (χ4n) is 4.19. The van der Waals surface area contributed by atoms with E-state index in [4.69, 9.17) is 0 Å². The van der Waals surface area contributed by atoms with E-state index in [-0.39, 0.29) is 0 Å². The lowest BCUT2D eigenvalue weighted by Crippen LogP contribution is -2.62. The van der Waals surface area contributed by atoms with Gasteiger partial charge in [-0.2, -0.15) is 0 Å². The van der Waals surface area contributed by atoms with Crippen LogP contribution < -0.4 is 0 Å². The van der Waals surface area contributed by atoms with Crippen LogP contribution in [0.3, 0.4) is 0 Å².